The van der Waals surface area contributed by atoms with E-state index in [4.69, 9.17) is 0 Å². The van der Waals surface area contributed by atoms with Crippen molar-refractivity contribution in [2.45, 2.75) is 45.6 Å². The topological polar surface area (TPSA) is 57.5 Å². The molecule has 0 aliphatic heterocycles. The first kappa shape index (κ1) is 14.7. The number of unbranched alkanes of at least 4 members (excludes halogenated alkanes) is 1. The number of aryl methyl sites for hydroxylation is 1. The van der Waals surface area contributed by atoms with Crippen molar-refractivity contribution in [2.75, 3.05) is 0 Å². The van der Waals surface area contributed by atoms with Gasteiger partial charge in [-0.1, -0.05) is 49.6 Å². The number of benzene rings is 1. The molecule has 0 heterocycles. The average Bonchev–Trinajstić information content (AvgIpc) is 2.29. The molecule has 0 radical (unpaired) electrons. The summed E-state index contributed by atoms with van der Waals surface area (Å²) in [5.41, 5.74) is 0.431. The summed E-state index contributed by atoms with van der Waals surface area (Å²) in [7, 11) is 0. The predicted molar refractivity (Wildman–Crippen MR) is 71.4 cm³/mol. The standard InChI is InChI=1S/C15H22O3/c1-4-5-6-13(14(16)17)15(3,18)12-9-7-11(2)8-10-12/h7-10,13,18H,4-6H2,1-3H3,(H,16,17). The SMILES string of the molecule is CCCCC(C(=O)O)C(C)(O)c1ccc(C)cc1. The first-order chi connectivity index (χ1) is 8.39. The van der Waals surface area contributed by atoms with Crippen LogP contribution in [0, 0.1) is 12.8 Å². The maximum absolute atomic E-state index is 11.3. The molecule has 1 rings (SSSR count). The fourth-order valence-electron chi connectivity index (χ4n) is 2.15. The first-order valence-corrected chi connectivity index (χ1v) is 6.42. The molecule has 0 fully saturated rings. The molecule has 2 unspecified atom stereocenters. The van der Waals surface area contributed by atoms with E-state index in [0.717, 1.165) is 18.4 Å². The van der Waals surface area contributed by atoms with Gasteiger partial charge in [-0.2, -0.15) is 0 Å². The van der Waals surface area contributed by atoms with Crippen molar-refractivity contribution in [1.82, 2.24) is 0 Å². The van der Waals surface area contributed by atoms with Crippen molar-refractivity contribution in [1.29, 1.82) is 0 Å². The normalized spacial score (nSPS) is 16.0. The Labute approximate surface area is 108 Å². The molecule has 1 aromatic rings. The van der Waals surface area contributed by atoms with Crippen LogP contribution in [0.25, 0.3) is 0 Å². The molecule has 0 aliphatic carbocycles. The third-order valence-corrected chi connectivity index (χ3v) is 3.46. The molecule has 2 atom stereocenters. The number of rotatable bonds is 6. The number of hydrogen-bond donors (Lipinski definition) is 2. The lowest BCUT2D eigenvalue weighted by molar-refractivity contribution is -0.152. The molecule has 2 N–H and O–H groups in total. The van der Waals surface area contributed by atoms with Crippen LogP contribution in [-0.4, -0.2) is 16.2 Å². The highest BCUT2D eigenvalue weighted by Gasteiger charge is 2.38. The van der Waals surface area contributed by atoms with E-state index in [-0.39, 0.29) is 0 Å². The van der Waals surface area contributed by atoms with Gasteiger partial charge in [0.1, 0.15) is 5.60 Å². The molecule has 0 aromatic heterocycles. The molecule has 0 amide bonds. The molecule has 0 bridgehead atoms. The zero-order chi connectivity index (χ0) is 13.8. The van der Waals surface area contributed by atoms with Gasteiger partial charge in [0.2, 0.25) is 0 Å². The highest BCUT2D eigenvalue weighted by atomic mass is 16.4. The Morgan fingerprint density at radius 1 is 1.33 bits per heavy atom. The van der Waals surface area contributed by atoms with Crippen molar-refractivity contribution in [2.24, 2.45) is 5.92 Å². The van der Waals surface area contributed by atoms with E-state index in [1.54, 1.807) is 19.1 Å². The minimum absolute atomic E-state index is 0.493. The fraction of sp³-hybridized carbons (Fsp3) is 0.533. The highest BCUT2D eigenvalue weighted by molar-refractivity contribution is 5.72. The minimum Gasteiger partial charge on any atom is -0.481 e. The summed E-state index contributed by atoms with van der Waals surface area (Å²) in [4.78, 5) is 11.3. The van der Waals surface area contributed by atoms with Crippen LogP contribution in [0.15, 0.2) is 24.3 Å². The molecule has 3 nitrogen and oxygen atoms in total. The molecule has 0 saturated carbocycles. The van der Waals surface area contributed by atoms with E-state index < -0.39 is 17.5 Å². The minimum atomic E-state index is -1.32. The van der Waals surface area contributed by atoms with Crippen molar-refractivity contribution in [3.8, 4) is 0 Å². The van der Waals surface area contributed by atoms with E-state index in [1.165, 1.54) is 0 Å². The van der Waals surface area contributed by atoms with Crippen LogP contribution in [-0.2, 0) is 10.4 Å². The summed E-state index contributed by atoms with van der Waals surface area (Å²) in [5, 5.41) is 19.8. The van der Waals surface area contributed by atoms with Gasteiger partial charge >= 0.3 is 5.97 Å². The summed E-state index contributed by atoms with van der Waals surface area (Å²) in [6.07, 6.45) is 2.22. The molecule has 3 heteroatoms. The molecular weight excluding hydrogens is 228 g/mol. The molecule has 18 heavy (non-hydrogen) atoms. The van der Waals surface area contributed by atoms with Gasteiger partial charge in [0, 0.05) is 0 Å². The van der Waals surface area contributed by atoms with Crippen molar-refractivity contribution in [3.05, 3.63) is 35.4 Å². The Bertz CT molecular complexity index is 393. The summed E-state index contributed by atoms with van der Waals surface area (Å²) in [6.45, 7) is 5.57. The average molecular weight is 250 g/mol. The van der Waals surface area contributed by atoms with Crippen LogP contribution >= 0.6 is 0 Å². The van der Waals surface area contributed by atoms with E-state index in [0.29, 0.717) is 12.0 Å². The lowest BCUT2D eigenvalue weighted by atomic mass is 9.80. The van der Waals surface area contributed by atoms with Crippen LogP contribution < -0.4 is 0 Å². The Kier molecular flexibility index (Phi) is 4.91. The van der Waals surface area contributed by atoms with Crippen LogP contribution in [0.1, 0.15) is 44.2 Å². The van der Waals surface area contributed by atoms with Gasteiger partial charge in [-0.15, -0.1) is 0 Å². The maximum Gasteiger partial charge on any atom is 0.309 e. The first-order valence-electron chi connectivity index (χ1n) is 6.42. The third-order valence-electron chi connectivity index (χ3n) is 3.46. The Morgan fingerprint density at radius 2 is 1.89 bits per heavy atom. The maximum atomic E-state index is 11.3. The summed E-state index contributed by atoms with van der Waals surface area (Å²) in [5.74, 6) is -1.70. The van der Waals surface area contributed by atoms with Crippen molar-refractivity contribution in [3.63, 3.8) is 0 Å². The van der Waals surface area contributed by atoms with Crippen LogP contribution in [0.5, 0.6) is 0 Å². The summed E-state index contributed by atoms with van der Waals surface area (Å²) in [6, 6.07) is 7.39. The van der Waals surface area contributed by atoms with E-state index in [2.05, 4.69) is 0 Å². The second kappa shape index (κ2) is 6.01. The Hall–Kier alpha value is -1.35. The molecule has 0 spiro atoms. The fourth-order valence-corrected chi connectivity index (χ4v) is 2.15. The second-order valence-electron chi connectivity index (χ2n) is 5.05. The molecular formula is C15H22O3. The third kappa shape index (κ3) is 3.33. The number of carbonyl (C=O) groups is 1. The van der Waals surface area contributed by atoms with Crippen molar-refractivity contribution >= 4 is 5.97 Å². The van der Waals surface area contributed by atoms with Crippen molar-refractivity contribution < 1.29 is 15.0 Å². The second-order valence-corrected chi connectivity index (χ2v) is 5.05. The van der Waals surface area contributed by atoms with Gasteiger partial charge in [-0.3, -0.25) is 4.79 Å². The Morgan fingerprint density at radius 3 is 2.33 bits per heavy atom. The highest BCUT2D eigenvalue weighted by Crippen LogP contribution is 2.33. The molecule has 0 aliphatic rings. The predicted octanol–water partition coefficient (Wildman–Crippen LogP) is 3.09. The number of hydrogen-bond acceptors (Lipinski definition) is 2. The van der Waals surface area contributed by atoms with Crippen LogP contribution in [0.2, 0.25) is 0 Å². The molecule has 1 aromatic carbocycles. The van der Waals surface area contributed by atoms with Gasteiger partial charge < -0.3 is 10.2 Å². The largest absolute Gasteiger partial charge is 0.481 e. The van der Waals surface area contributed by atoms with Crippen LogP contribution in [0.4, 0.5) is 0 Å². The van der Waals surface area contributed by atoms with Gasteiger partial charge in [0.25, 0.3) is 0 Å². The van der Waals surface area contributed by atoms with Gasteiger partial charge in [-0.25, -0.2) is 0 Å². The lowest BCUT2D eigenvalue weighted by Gasteiger charge is -2.30. The zero-order valence-electron chi connectivity index (χ0n) is 11.3. The van der Waals surface area contributed by atoms with Gasteiger partial charge in [0.05, 0.1) is 5.92 Å². The number of aliphatic carboxylic acids is 1. The zero-order valence-corrected chi connectivity index (χ0v) is 11.3. The smallest absolute Gasteiger partial charge is 0.309 e. The van der Waals surface area contributed by atoms with E-state index in [1.807, 2.05) is 26.0 Å². The summed E-state index contributed by atoms with van der Waals surface area (Å²) < 4.78 is 0. The number of carboxylic acid groups (broad SMARTS) is 1. The quantitative estimate of drug-likeness (QED) is 0.815. The van der Waals surface area contributed by atoms with E-state index >= 15 is 0 Å². The molecule has 100 valence electrons. The molecule has 0 saturated heterocycles. The Balaban J connectivity index is 3.00. The summed E-state index contributed by atoms with van der Waals surface area (Å²) >= 11 is 0. The lowest BCUT2D eigenvalue weighted by Crippen LogP contribution is -2.37. The van der Waals surface area contributed by atoms with Gasteiger partial charge in [0.15, 0.2) is 0 Å². The van der Waals surface area contributed by atoms with Crippen LogP contribution in [0.3, 0.4) is 0 Å². The number of aliphatic hydroxyl groups is 1. The number of carboxylic acids is 1. The monoisotopic (exact) mass is 250 g/mol. The van der Waals surface area contributed by atoms with E-state index in [9.17, 15) is 15.0 Å². The van der Waals surface area contributed by atoms with Gasteiger partial charge in [-0.05, 0) is 25.8 Å².